The van der Waals surface area contributed by atoms with Crippen molar-refractivity contribution in [3.05, 3.63) is 59.4 Å². The molecule has 6 nitrogen and oxygen atoms in total. The number of nitrogens with one attached hydrogen (secondary N) is 2. The minimum absolute atomic E-state index is 0.00374. The average Bonchev–Trinajstić information content (AvgIpc) is 3.19. The maximum Gasteiger partial charge on any atom is 0.238 e. The number of pyridine rings is 1. The van der Waals surface area contributed by atoms with Gasteiger partial charge in [-0.3, -0.25) is 9.59 Å². The minimum Gasteiger partial charge on any atom is -0.346 e. The molecule has 1 aromatic carbocycles. The Morgan fingerprint density at radius 2 is 2.23 bits per heavy atom. The van der Waals surface area contributed by atoms with Gasteiger partial charge in [0.05, 0.1) is 10.9 Å². The van der Waals surface area contributed by atoms with Gasteiger partial charge in [-0.2, -0.15) is 0 Å². The molecule has 0 radical (unpaired) electrons. The maximum atomic E-state index is 12.8. The molecule has 1 atom stereocenters. The van der Waals surface area contributed by atoms with Crippen molar-refractivity contribution in [1.29, 1.82) is 0 Å². The fourth-order valence-corrected chi connectivity index (χ4v) is 5.16. The van der Waals surface area contributed by atoms with Crippen LogP contribution in [-0.4, -0.2) is 45.0 Å². The SMILES string of the molecule is O=C1Nc2cc(Cl)ccc2SC1CC(=O)N1CC=C(c2c[nH]c3ncccc23)CC1. The predicted molar refractivity (Wildman–Crippen MR) is 120 cm³/mol. The van der Waals surface area contributed by atoms with E-state index in [9.17, 15) is 9.59 Å². The Balaban J connectivity index is 1.26. The third-order valence-electron chi connectivity index (χ3n) is 5.48. The Bertz CT molecular complexity index is 1190. The van der Waals surface area contributed by atoms with E-state index >= 15 is 0 Å². The number of anilines is 1. The van der Waals surface area contributed by atoms with Crippen molar-refractivity contribution in [3.63, 3.8) is 0 Å². The molecule has 4 heterocycles. The predicted octanol–water partition coefficient (Wildman–Crippen LogP) is 4.34. The van der Waals surface area contributed by atoms with Gasteiger partial charge >= 0.3 is 0 Å². The highest BCUT2D eigenvalue weighted by atomic mass is 35.5. The van der Waals surface area contributed by atoms with Crippen molar-refractivity contribution in [1.82, 2.24) is 14.9 Å². The van der Waals surface area contributed by atoms with Crippen LogP contribution < -0.4 is 5.32 Å². The van der Waals surface area contributed by atoms with E-state index in [1.165, 1.54) is 17.3 Å². The van der Waals surface area contributed by atoms with Gasteiger partial charge in [-0.25, -0.2) is 4.98 Å². The first-order valence-electron chi connectivity index (χ1n) is 9.75. The molecule has 30 heavy (non-hydrogen) atoms. The fourth-order valence-electron chi connectivity index (χ4n) is 3.91. The number of hydrogen-bond acceptors (Lipinski definition) is 4. The third-order valence-corrected chi connectivity index (χ3v) is 6.99. The number of fused-ring (bicyclic) bond motifs is 2. The Morgan fingerprint density at radius 1 is 1.33 bits per heavy atom. The van der Waals surface area contributed by atoms with Crippen LogP contribution in [0.3, 0.4) is 0 Å². The first-order valence-corrected chi connectivity index (χ1v) is 11.0. The van der Waals surface area contributed by atoms with Crippen molar-refractivity contribution in [2.75, 3.05) is 18.4 Å². The Hall–Kier alpha value is -2.77. The van der Waals surface area contributed by atoms with Gasteiger partial charge in [-0.05, 0) is 42.3 Å². The Morgan fingerprint density at radius 3 is 3.07 bits per heavy atom. The number of amides is 2. The highest BCUT2D eigenvalue weighted by Crippen LogP contribution is 2.38. The quantitative estimate of drug-likeness (QED) is 0.637. The summed E-state index contributed by atoms with van der Waals surface area (Å²) in [5, 5.41) is 4.10. The zero-order chi connectivity index (χ0) is 20.7. The van der Waals surface area contributed by atoms with Crippen LogP contribution in [-0.2, 0) is 9.59 Å². The van der Waals surface area contributed by atoms with E-state index in [4.69, 9.17) is 11.6 Å². The van der Waals surface area contributed by atoms with Crippen LogP contribution in [0, 0.1) is 0 Å². The summed E-state index contributed by atoms with van der Waals surface area (Å²) >= 11 is 7.42. The topological polar surface area (TPSA) is 78.1 Å². The summed E-state index contributed by atoms with van der Waals surface area (Å²) in [6, 6.07) is 9.39. The molecule has 2 aliphatic rings. The molecule has 8 heteroatoms. The van der Waals surface area contributed by atoms with Crippen molar-refractivity contribution in [3.8, 4) is 0 Å². The molecular formula is C22H19ClN4O2S. The summed E-state index contributed by atoms with van der Waals surface area (Å²) in [4.78, 5) is 35.6. The van der Waals surface area contributed by atoms with Crippen molar-refractivity contribution in [2.24, 2.45) is 0 Å². The van der Waals surface area contributed by atoms with Gasteiger partial charge in [0.2, 0.25) is 11.8 Å². The van der Waals surface area contributed by atoms with E-state index in [2.05, 4.69) is 27.4 Å². The number of hydrogen-bond donors (Lipinski definition) is 2. The van der Waals surface area contributed by atoms with Crippen LogP contribution in [0.5, 0.6) is 0 Å². The number of halogens is 1. The number of H-pyrrole nitrogens is 1. The molecule has 0 saturated carbocycles. The lowest BCUT2D eigenvalue weighted by Gasteiger charge is -2.29. The van der Waals surface area contributed by atoms with Crippen LogP contribution in [0.15, 0.2) is 53.7 Å². The fraction of sp³-hybridized carbons (Fsp3) is 0.227. The lowest BCUT2D eigenvalue weighted by atomic mass is 9.99. The van der Waals surface area contributed by atoms with Crippen molar-refractivity contribution in [2.45, 2.75) is 23.0 Å². The molecule has 2 aromatic heterocycles. The minimum atomic E-state index is -0.434. The molecule has 0 aliphatic carbocycles. The van der Waals surface area contributed by atoms with Crippen LogP contribution in [0.25, 0.3) is 16.6 Å². The number of aromatic nitrogens is 2. The van der Waals surface area contributed by atoms with Gasteiger partial charge in [-0.15, -0.1) is 11.8 Å². The highest BCUT2D eigenvalue weighted by Gasteiger charge is 2.31. The first kappa shape index (κ1) is 19.2. The number of thioether (sulfide) groups is 1. The number of benzene rings is 1. The van der Waals surface area contributed by atoms with Crippen LogP contribution in [0.2, 0.25) is 5.02 Å². The number of carbonyl (C=O) groups is 2. The lowest BCUT2D eigenvalue weighted by Crippen LogP contribution is -2.39. The normalized spacial score (nSPS) is 18.7. The summed E-state index contributed by atoms with van der Waals surface area (Å²) in [5.41, 5.74) is 3.94. The van der Waals surface area contributed by atoms with E-state index in [0.717, 1.165) is 27.9 Å². The molecule has 5 rings (SSSR count). The number of carbonyl (C=O) groups excluding carboxylic acids is 2. The first-order chi connectivity index (χ1) is 14.6. The van der Waals surface area contributed by atoms with Gasteiger partial charge in [0.15, 0.2) is 0 Å². The van der Waals surface area contributed by atoms with E-state index in [1.54, 1.807) is 18.3 Å². The van der Waals surface area contributed by atoms with Gasteiger partial charge < -0.3 is 15.2 Å². The molecule has 2 N–H and O–H groups in total. The summed E-state index contributed by atoms with van der Waals surface area (Å²) in [7, 11) is 0. The number of nitrogens with zero attached hydrogens (tertiary/aromatic N) is 2. The zero-order valence-corrected chi connectivity index (χ0v) is 17.6. The van der Waals surface area contributed by atoms with Crippen molar-refractivity contribution >= 4 is 57.5 Å². The number of rotatable bonds is 3. The van der Waals surface area contributed by atoms with Gasteiger partial charge in [0.1, 0.15) is 5.65 Å². The second kappa shape index (κ2) is 7.81. The second-order valence-electron chi connectivity index (χ2n) is 7.36. The van der Waals surface area contributed by atoms with Crippen LogP contribution >= 0.6 is 23.4 Å². The van der Waals surface area contributed by atoms with E-state index in [1.807, 2.05) is 23.2 Å². The molecule has 2 aliphatic heterocycles. The Labute approximate surface area is 182 Å². The third kappa shape index (κ3) is 3.59. The summed E-state index contributed by atoms with van der Waals surface area (Å²) in [6.45, 7) is 1.19. The van der Waals surface area contributed by atoms with Crippen molar-refractivity contribution < 1.29 is 9.59 Å². The lowest BCUT2D eigenvalue weighted by molar-refractivity contribution is -0.132. The molecule has 0 saturated heterocycles. The van der Waals surface area contributed by atoms with E-state index in [-0.39, 0.29) is 18.2 Å². The highest BCUT2D eigenvalue weighted by molar-refractivity contribution is 8.01. The maximum absolute atomic E-state index is 12.8. The monoisotopic (exact) mass is 438 g/mol. The molecule has 3 aromatic rings. The summed E-state index contributed by atoms with van der Waals surface area (Å²) in [6.07, 6.45) is 6.80. The molecule has 0 spiro atoms. The van der Waals surface area contributed by atoms with Gasteiger partial charge in [-0.1, -0.05) is 17.7 Å². The second-order valence-corrected chi connectivity index (χ2v) is 9.04. The molecule has 0 fully saturated rings. The van der Waals surface area contributed by atoms with E-state index < -0.39 is 5.25 Å². The van der Waals surface area contributed by atoms with Crippen LogP contribution in [0.1, 0.15) is 18.4 Å². The molecule has 1 unspecified atom stereocenters. The van der Waals surface area contributed by atoms with Gasteiger partial charge in [0, 0.05) is 52.8 Å². The number of aromatic amines is 1. The molecule has 2 amide bonds. The van der Waals surface area contributed by atoms with Gasteiger partial charge in [0.25, 0.3) is 0 Å². The average molecular weight is 439 g/mol. The molecular weight excluding hydrogens is 420 g/mol. The van der Waals surface area contributed by atoms with E-state index in [0.29, 0.717) is 23.8 Å². The van der Waals surface area contributed by atoms with Crippen LogP contribution in [0.4, 0.5) is 5.69 Å². The zero-order valence-electron chi connectivity index (χ0n) is 16.0. The summed E-state index contributed by atoms with van der Waals surface area (Å²) < 4.78 is 0. The molecule has 0 bridgehead atoms. The largest absolute Gasteiger partial charge is 0.346 e. The Kier molecular flexibility index (Phi) is 5.00. The molecule has 152 valence electrons. The standard InChI is InChI=1S/C22H19ClN4O2S/c23-14-3-4-18-17(10-14)26-22(29)19(30-18)11-20(28)27-8-5-13(6-9-27)16-12-25-21-15(16)2-1-7-24-21/h1-5,7,10,12,19H,6,8-9,11H2,(H,24,25)(H,26,29). The smallest absolute Gasteiger partial charge is 0.238 e. The summed E-state index contributed by atoms with van der Waals surface area (Å²) in [5.74, 6) is -0.154.